The van der Waals surface area contributed by atoms with Crippen molar-refractivity contribution in [2.24, 2.45) is 0 Å². The van der Waals surface area contributed by atoms with Crippen molar-refractivity contribution < 1.29 is 23.7 Å². The first kappa shape index (κ1) is 25.6. The number of hydrogen-bond acceptors (Lipinski definition) is 7. The predicted octanol–water partition coefficient (Wildman–Crippen LogP) is 6.14. The Bertz CT molecular complexity index is 1290. The molecule has 8 nitrogen and oxygen atoms in total. The van der Waals surface area contributed by atoms with Crippen LogP contribution >= 0.6 is 11.6 Å². The number of carbonyl (C=O) groups excluding carboxylic acids is 1. The highest BCUT2D eigenvalue weighted by Gasteiger charge is 2.28. The molecule has 0 bridgehead atoms. The van der Waals surface area contributed by atoms with E-state index in [1.807, 2.05) is 46.8 Å². The molecule has 0 saturated carbocycles. The molecule has 2 aromatic heterocycles. The summed E-state index contributed by atoms with van der Waals surface area (Å²) in [6.07, 6.45) is 2.85. The van der Waals surface area contributed by atoms with Crippen LogP contribution < -0.4 is 19.1 Å². The van der Waals surface area contributed by atoms with Gasteiger partial charge in [-0.2, -0.15) is 0 Å². The Balaban J connectivity index is 1.86. The molecule has 0 aliphatic carbocycles. The summed E-state index contributed by atoms with van der Waals surface area (Å²) < 4.78 is 23.2. The standard InChI is InChI=1S/C27H30ClN3O5/c1-16-14-30-21(17(2)24(16)33-6)15-31(26(32)36-27(3,4)5)19-12-20(18-7-8-29-23(28)11-18)25-22(13-19)34-9-10-35-25/h7-8,11-14H,9-10,15H2,1-6H3. The van der Waals surface area contributed by atoms with Crippen LogP contribution in [0.5, 0.6) is 17.2 Å². The van der Waals surface area contributed by atoms with Gasteiger partial charge in [0.05, 0.1) is 25.0 Å². The Labute approximate surface area is 216 Å². The van der Waals surface area contributed by atoms with Crippen LogP contribution in [-0.2, 0) is 11.3 Å². The summed E-state index contributed by atoms with van der Waals surface area (Å²) in [7, 11) is 1.62. The minimum atomic E-state index is -0.696. The molecule has 0 atom stereocenters. The van der Waals surface area contributed by atoms with Crippen LogP contribution in [0.15, 0.2) is 36.7 Å². The van der Waals surface area contributed by atoms with Crippen LogP contribution in [-0.4, -0.2) is 42.0 Å². The average Bonchev–Trinajstić information content (AvgIpc) is 2.82. The lowest BCUT2D eigenvalue weighted by atomic mass is 10.0. The average molecular weight is 512 g/mol. The summed E-state index contributed by atoms with van der Waals surface area (Å²) in [6.45, 7) is 10.3. The second kappa shape index (κ2) is 10.2. The van der Waals surface area contributed by atoms with Gasteiger partial charge in [0.15, 0.2) is 11.5 Å². The van der Waals surface area contributed by atoms with Crippen molar-refractivity contribution in [3.63, 3.8) is 0 Å². The van der Waals surface area contributed by atoms with E-state index in [1.54, 1.807) is 36.5 Å². The second-order valence-corrected chi connectivity index (χ2v) is 9.88. The maximum Gasteiger partial charge on any atom is 0.415 e. The first-order chi connectivity index (χ1) is 17.1. The molecule has 0 spiro atoms. The quantitative estimate of drug-likeness (QED) is 0.381. The normalized spacial score (nSPS) is 12.8. The van der Waals surface area contributed by atoms with Crippen LogP contribution in [0.2, 0.25) is 5.15 Å². The largest absolute Gasteiger partial charge is 0.496 e. The summed E-state index contributed by atoms with van der Waals surface area (Å²) in [5.41, 5.74) is 3.84. The fourth-order valence-corrected chi connectivity index (χ4v) is 4.21. The van der Waals surface area contributed by atoms with Gasteiger partial charge >= 0.3 is 6.09 Å². The number of methoxy groups -OCH3 is 1. The third-order valence-electron chi connectivity index (χ3n) is 5.65. The van der Waals surface area contributed by atoms with Crippen LogP contribution in [0, 0.1) is 13.8 Å². The lowest BCUT2D eigenvalue weighted by Gasteiger charge is -2.30. The third-order valence-corrected chi connectivity index (χ3v) is 5.85. The van der Waals surface area contributed by atoms with Gasteiger partial charge in [-0.1, -0.05) is 11.6 Å². The molecule has 3 heterocycles. The molecular weight excluding hydrogens is 482 g/mol. The topological polar surface area (TPSA) is 83.0 Å². The molecule has 3 aromatic rings. The van der Waals surface area contributed by atoms with E-state index in [1.165, 1.54) is 0 Å². The number of pyridine rings is 2. The van der Waals surface area contributed by atoms with Gasteiger partial charge < -0.3 is 18.9 Å². The van der Waals surface area contributed by atoms with Gasteiger partial charge in [0, 0.05) is 35.2 Å². The van der Waals surface area contributed by atoms with Crippen molar-refractivity contribution in [1.82, 2.24) is 9.97 Å². The number of aryl methyl sites for hydroxylation is 1. The molecule has 0 N–H and O–H groups in total. The van der Waals surface area contributed by atoms with E-state index in [9.17, 15) is 4.79 Å². The van der Waals surface area contributed by atoms with Gasteiger partial charge in [-0.15, -0.1) is 0 Å². The molecule has 0 fully saturated rings. The predicted molar refractivity (Wildman–Crippen MR) is 138 cm³/mol. The van der Waals surface area contributed by atoms with Gasteiger partial charge in [-0.25, -0.2) is 9.78 Å². The van der Waals surface area contributed by atoms with E-state index in [-0.39, 0.29) is 6.54 Å². The minimum absolute atomic E-state index is 0.160. The van der Waals surface area contributed by atoms with Gasteiger partial charge in [-0.3, -0.25) is 9.88 Å². The van der Waals surface area contributed by atoms with E-state index < -0.39 is 11.7 Å². The van der Waals surface area contributed by atoms with Crippen LogP contribution in [0.1, 0.15) is 37.6 Å². The van der Waals surface area contributed by atoms with E-state index in [2.05, 4.69) is 9.97 Å². The smallest absolute Gasteiger partial charge is 0.415 e. The maximum atomic E-state index is 13.5. The molecule has 1 aliphatic rings. The van der Waals surface area contributed by atoms with Gasteiger partial charge in [-0.05, 0) is 58.4 Å². The Morgan fingerprint density at radius 1 is 1.14 bits per heavy atom. The van der Waals surface area contributed by atoms with Crippen LogP contribution in [0.3, 0.4) is 0 Å². The SMILES string of the molecule is COc1c(C)cnc(CN(C(=O)OC(C)(C)C)c2cc3c(c(-c4ccnc(Cl)c4)c2)OCCO3)c1C. The van der Waals surface area contributed by atoms with Crippen molar-refractivity contribution in [1.29, 1.82) is 0 Å². The summed E-state index contributed by atoms with van der Waals surface area (Å²) in [6, 6.07) is 7.22. The van der Waals surface area contributed by atoms with Gasteiger partial charge in [0.25, 0.3) is 0 Å². The molecule has 190 valence electrons. The summed E-state index contributed by atoms with van der Waals surface area (Å²) in [5.74, 6) is 1.85. The molecule has 1 amide bonds. The molecular formula is C27H30ClN3O5. The number of ether oxygens (including phenoxy) is 4. The van der Waals surface area contributed by atoms with E-state index >= 15 is 0 Å². The zero-order valence-electron chi connectivity index (χ0n) is 21.3. The number of nitrogens with zero attached hydrogens (tertiary/aromatic N) is 3. The number of anilines is 1. The maximum absolute atomic E-state index is 13.5. The first-order valence-corrected chi connectivity index (χ1v) is 12.0. The number of halogens is 1. The summed E-state index contributed by atoms with van der Waals surface area (Å²) in [4.78, 5) is 23.7. The minimum Gasteiger partial charge on any atom is -0.496 e. The van der Waals surface area contributed by atoms with Crippen molar-refractivity contribution in [3.8, 4) is 28.4 Å². The molecule has 1 aliphatic heterocycles. The van der Waals surface area contributed by atoms with E-state index in [0.717, 1.165) is 28.0 Å². The molecule has 9 heteroatoms. The van der Waals surface area contributed by atoms with Crippen LogP contribution in [0.25, 0.3) is 11.1 Å². The van der Waals surface area contributed by atoms with Crippen molar-refractivity contribution in [3.05, 3.63) is 58.6 Å². The lowest BCUT2D eigenvalue weighted by Crippen LogP contribution is -2.37. The third kappa shape index (κ3) is 5.49. The van der Waals surface area contributed by atoms with Crippen molar-refractivity contribution in [2.45, 2.75) is 46.8 Å². The Hall–Kier alpha value is -3.52. The highest BCUT2D eigenvalue weighted by atomic mass is 35.5. The number of carbonyl (C=O) groups is 1. The molecule has 0 radical (unpaired) electrons. The highest BCUT2D eigenvalue weighted by Crippen LogP contribution is 2.44. The van der Waals surface area contributed by atoms with Crippen molar-refractivity contribution >= 4 is 23.4 Å². The Morgan fingerprint density at radius 2 is 1.89 bits per heavy atom. The van der Waals surface area contributed by atoms with Crippen molar-refractivity contribution in [2.75, 3.05) is 25.2 Å². The lowest BCUT2D eigenvalue weighted by molar-refractivity contribution is 0.0577. The zero-order valence-corrected chi connectivity index (χ0v) is 22.1. The summed E-state index contributed by atoms with van der Waals surface area (Å²) >= 11 is 6.18. The second-order valence-electron chi connectivity index (χ2n) is 9.50. The van der Waals surface area contributed by atoms with E-state index in [4.69, 9.17) is 30.5 Å². The highest BCUT2D eigenvalue weighted by molar-refractivity contribution is 6.29. The Morgan fingerprint density at radius 3 is 2.58 bits per heavy atom. The number of benzene rings is 1. The summed E-state index contributed by atoms with van der Waals surface area (Å²) in [5, 5.41) is 0.346. The number of fused-ring (bicyclic) bond motifs is 1. The van der Waals surface area contributed by atoms with Crippen LogP contribution in [0.4, 0.5) is 10.5 Å². The number of rotatable bonds is 5. The monoisotopic (exact) mass is 511 g/mol. The van der Waals surface area contributed by atoms with E-state index in [0.29, 0.717) is 41.2 Å². The fraction of sp³-hybridized carbons (Fsp3) is 0.370. The zero-order chi connectivity index (χ0) is 26.0. The molecule has 0 saturated heterocycles. The molecule has 36 heavy (non-hydrogen) atoms. The van der Waals surface area contributed by atoms with Gasteiger partial charge in [0.2, 0.25) is 0 Å². The number of aromatic nitrogens is 2. The Kier molecular flexibility index (Phi) is 7.26. The molecule has 4 rings (SSSR count). The number of amides is 1. The fourth-order valence-electron chi connectivity index (χ4n) is 4.04. The number of hydrogen-bond donors (Lipinski definition) is 0. The first-order valence-electron chi connectivity index (χ1n) is 11.6. The molecule has 1 aromatic carbocycles. The van der Waals surface area contributed by atoms with Gasteiger partial charge in [0.1, 0.15) is 29.7 Å². The molecule has 0 unspecified atom stereocenters.